The quantitative estimate of drug-likeness (QED) is 0.687. The molecule has 1 fully saturated rings. The summed E-state index contributed by atoms with van der Waals surface area (Å²) in [7, 11) is 0. The van der Waals surface area contributed by atoms with E-state index in [4.69, 9.17) is 8.94 Å². The molecule has 1 aliphatic rings. The van der Waals surface area contributed by atoms with Gasteiger partial charge in [0, 0.05) is 38.0 Å². The first-order valence-electron chi connectivity index (χ1n) is 9.79. The summed E-state index contributed by atoms with van der Waals surface area (Å²) in [5, 5.41) is 14.9. The molecule has 1 aromatic carbocycles. The molecule has 0 saturated carbocycles. The Hall–Kier alpha value is -3.49. The maximum atomic E-state index is 13.1. The van der Waals surface area contributed by atoms with E-state index in [9.17, 15) is 9.59 Å². The maximum Gasteiger partial charge on any atom is 0.259 e. The Balaban J connectivity index is 1.52. The molecule has 3 aromatic rings. The van der Waals surface area contributed by atoms with E-state index in [0.29, 0.717) is 54.0 Å². The van der Waals surface area contributed by atoms with Crippen molar-refractivity contribution >= 4 is 11.8 Å². The molecule has 0 spiro atoms. The third-order valence-corrected chi connectivity index (χ3v) is 5.40. The van der Waals surface area contributed by atoms with Gasteiger partial charge in [-0.25, -0.2) is 0 Å². The van der Waals surface area contributed by atoms with E-state index in [1.165, 1.54) is 0 Å². The minimum atomic E-state index is -0.174. The highest BCUT2D eigenvalue weighted by Crippen LogP contribution is 2.33. The van der Waals surface area contributed by atoms with Crippen LogP contribution in [-0.2, 0) is 0 Å². The van der Waals surface area contributed by atoms with Crippen LogP contribution in [0.3, 0.4) is 0 Å². The number of nitrogens with zero attached hydrogens (tertiary/aromatic N) is 4. The molecule has 2 amide bonds. The van der Waals surface area contributed by atoms with Crippen molar-refractivity contribution in [3.8, 4) is 0 Å². The van der Waals surface area contributed by atoms with E-state index < -0.39 is 0 Å². The van der Waals surface area contributed by atoms with Gasteiger partial charge in [0.2, 0.25) is 11.8 Å². The molecule has 1 N–H and O–H groups in total. The standard InChI is InChI=1S/C21H23N5O4/c1-12-18(13(2)30-25-12)21(28)26-10-16(17(11-26)20-24-23-14(3)29-20)9-22-19(27)15-7-5-4-6-8-15/h4-8,16-17H,9-11H2,1-3H3,(H,22,27)/t16-,17-/m0/s1. The molecule has 1 aliphatic heterocycles. The van der Waals surface area contributed by atoms with Crippen molar-refractivity contribution in [2.45, 2.75) is 26.7 Å². The SMILES string of the molecule is Cc1nnc([C@H]2CN(C(=O)c3c(C)noc3C)C[C@@H]2CNC(=O)c2ccccc2)o1. The summed E-state index contributed by atoms with van der Waals surface area (Å²) >= 11 is 0. The molecule has 156 valence electrons. The number of amides is 2. The number of likely N-dealkylation sites (tertiary alicyclic amines) is 1. The summed E-state index contributed by atoms with van der Waals surface area (Å²) in [6, 6.07) is 9.02. The number of rotatable bonds is 5. The second-order valence-electron chi connectivity index (χ2n) is 7.51. The first kappa shape index (κ1) is 19.8. The summed E-state index contributed by atoms with van der Waals surface area (Å²) in [6.45, 7) is 6.44. The largest absolute Gasteiger partial charge is 0.425 e. The van der Waals surface area contributed by atoms with Gasteiger partial charge in [-0.1, -0.05) is 23.4 Å². The predicted molar refractivity (Wildman–Crippen MR) is 106 cm³/mol. The molecule has 2 atom stereocenters. The zero-order valence-corrected chi connectivity index (χ0v) is 17.1. The number of nitrogens with one attached hydrogen (secondary N) is 1. The van der Waals surface area contributed by atoms with Crippen LogP contribution in [0.15, 0.2) is 39.3 Å². The van der Waals surface area contributed by atoms with Crippen LogP contribution in [0.1, 0.15) is 49.9 Å². The van der Waals surface area contributed by atoms with Gasteiger partial charge in [0.25, 0.3) is 11.8 Å². The van der Waals surface area contributed by atoms with Crippen molar-refractivity contribution in [1.29, 1.82) is 0 Å². The lowest BCUT2D eigenvalue weighted by Crippen LogP contribution is -2.33. The molecule has 9 nitrogen and oxygen atoms in total. The molecule has 30 heavy (non-hydrogen) atoms. The average molecular weight is 409 g/mol. The number of hydrogen-bond donors (Lipinski definition) is 1. The second kappa shape index (κ2) is 8.10. The minimum Gasteiger partial charge on any atom is -0.425 e. The fourth-order valence-electron chi connectivity index (χ4n) is 3.85. The van der Waals surface area contributed by atoms with Crippen molar-refractivity contribution in [1.82, 2.24) is 25.6 Å². The molecule has 3 heterocycles. The van der Waals surface area contributed by atoms with Crippen molar-refractivity contribution in [2.75, 3.05) is 19.6 Å². The van der Waals surface area contributed by atoms with Crippen LogP contribution in [0.4, 0.5) is 0 Å². The van der Waals surface area contributed by atoms with Crippen molar-refractivity contribution in [2.24, 2.45) is 5.92 Å². The Morgan fingerprint density at radius 1 is 1.13 bits per heavy atom. The van der Waals surface area contributed by atoms with Gasteiger partial charge in [0.05, 0.1) is 11.6 Å². The Morgan fingerprint density at radius 3 is 2.53 bits per heavy atom. The van der Waals surface area contributed by atoms with E-state index in [1.807, 2.05) is 18.2 Å². The smallest absolute Gasteiger partial charge is 0.259 e. The summed E-state index contributed by atoms with van der Waals surface area (Å²) in [6.07, 6.45) is 0. The van der Waals surface area contributed by atoms with Gasteiger partial charge in [-0.05, 0) is 26.0 Å². The van der Waals surface area contributed by atoms with Crippen molar-refractivity contribution < 1.29 is 18.5 Å². The normalized spacial score (nSPS) is 18.6. The van der Waals surface area contributed by atoms with E-state index in [-0.39, 0.29) is 23.7 Å². The highest BCUT2D eigenvalue weighted by atomic mass is 16.5. The molecular weight excluding hydrogens is 386 g/mol. The first-order chi connectivity index (χ1) is 14.4. The van der Waals surface area contributed by atoms with Crippen LogP contribution in [0, 0.1) is 26.7 Å². The lowest BCUT2D eigenvalue weighted by atomic mass is 9.96. The van der Waals surface area contributed by atoms with Crippen LogP contribution < -0.4 is 5.32 Å². The van der Waals surface area contributed by atoms with Gasteiger partial charge in [0.1, 0.15) is 11.3 Å². The number of benzene rings is 1. The highest BCUT2D eigenvalue weighted by Gasteiger charge is 2.40. The van der Waals surface area contributed by atoms with Gasteiger partial charge in [0.15, 0.2) is 0 Å². The molecule has 0 unspecified atom stereocenters. The molecule has 0 bridgehead atoms. The fourth-order valence-corrected chi connectivity index (χ4v) is 3.85. The molecule has 0 aliphatic carbocycles. The number of carbonyl (C=O) groups is 2. The first-order valence-corrected chi connectivity index (χ1v) is 9.79. The lowest BCUT2D eigenvalue weighted by Gasteiger charge is -2.16. The monoisotopic (exact) mass is 409 g/mol. The van der Waals surface area contributed by atoms with Crippen LogP contribution in [0.25, 0.3) is 0 Å². The number of aryl methyl sites for hydroxylation is 3. The lowest BCUT2D eigenvalue weighted by molar-refractivity contribution is 0.0783. The summed E-state index contributed by atoms with van der Waals surface area (Å²) < 4.78 is 10.8. The van der Waals surface area contributed by atoms with E-state index >= 15 is 0 Å². The summed E-state index contributed by atoms with van der Waals surface area (Å²) in [5.74, 6) is 0.876. The molecule has 1 saturated heterocycles. The third kappa shape index (κ3) is 3.83. The summed E-state index contributed by atoms with van der Waals surface area (Å²) in [5.41, 5.74) is 1.62. The number of carbonyl (C=O) groups excluding carboxylic acids is 2. The molecular formula is C21H23N5O4. The van der Waals surface area contributed by atoms with E-state index in [2.05, 4.69) is 20.7 Å². The summed E-state index contributed by atoms with van der Waals surface area (Å²) in [4.78, 5) is 27.3. The van der Waals surface area contributed by atoms with Gasteiger partial charge < -0.3 is 19.2 Å². The Kier molecular flexibility index (Phi) is 5.35. The highest BCUT2D eigenvalue weighted by molar-refractivity contribution is 5.96. The zero-order valence-electron chi connectivity index (χ0n) is 17.1. The van der Waals surface area contributed by atoms with Crippen LogP contribution in [0.5, 0.6) is 0 Å². The van der Waals surface area contributed by atoms with E-state index in [1.54, 1.807) is 37.8 Å². The van der Waals surface area contributed by atoms with Crippen molar-refractivity contribution in [3.63, 3.8) is 0 Å². The Morgan fingerprint density at radius 2 is 1.90 bits per heavy atom. The fraction of sp³-hybridized carbons (Fsp3) is 0.381. The zero-order chi connectivity index (χ0) is 21.3. The minimum absolute atomic E-state index is 0.0677. The van der Waals surface area contributed by atoms with Crippen LogP contribution in [-0.4, -0.2) is 51.7 Å². The predicted octanol–water partition coefficient (Wildman–Crippen LogP) is 2.27. The Bertz CT molecular complexity index is 1040. The van der Waals surface area contributed by atoms with Gasteiger partial charge >= 0.3 is 0 Å². The molecule has 4 rings (SSSR count). The number of hydrogen-bond acceptors (Lipinski definition) is 7. The van der Waals surface area contributed by atoms with E-state index in [0.717, 1.165) is 0 Å². The molecule has 0 radical (unpaired) electrons. The van der Waals surface area contributed by atoms with Crippen molar-refractivity contribution in [3.05, 3.63) is 64.7 Å². The van der Waals surface area contributed by atoms with Gasteiger partial charge in [-0.3, -0.25) is 9.59 Å². The maximum absolute atomic E-state index is 13.1. The van der Waals surface area contributed by atoms with Crippen LogP contribution >= 0.6 is 0 Å². The Labute approximate surface area is 173 Å². The third-order valence-electron chi connectivity index (χ3n) is 5.40. The topological polar surface area (TPSA) is 114 Å². The average Bonchev–Trinajstić information content (AvgIpc) is 3.45. The van der Waals surface area contributed by atoms with Crippen LogP contribution in [0.2, 0.25) is 0 Å². The number of aromatic nitrogens is 3. The second-order valence-corrected chi connectivity index (χ2v) is 7.51. The van der Waals surface area contributed by atoms with Gasteiger partial charge in [-0.2, -0.15) is 0 Å². The molecule has 2 aromatic heterocycles. The van der Waals surface area contributed by atoms with Gasteiger partial charge in [-0.15, -0.1) is 10.2 Å². The molecule has 9 heteroatoms.